The molecule has 0 aromatic heterocycles. The van der Waals surface area contributed by atoms with Crippen LogP contribution in [0.4, 0.5) is 4.79 Å². The van der Waals surface area contributed by atoms with Crippen LogP contribution in [0.3, 0.4) is 0 Å². The molecule has 0 bridgehead atoms. The minimum atomic E-state index is -1.34. The minimum Gasteiger partial charge on any atom is -0.480 e. The van der Waals surface area contributed by atoms with E-state index in [9.17, 15) is 24.6 Å². The Balaban J connectivity index is 4.69. The van der Waals surface area contributed by atoms with Gasteiger partial charge in [-0.15, -0.1) is 0 Å². The molecule has 0 aromatic carbocycles. The van der Waals surface area contributed by atoms with E-state index in [1.807, 2.05) is 0 Å². The van der Waals surface area contributed by atoms with Crippen molar-refractivity contribution in [3.05, 3.63) is 34.9 Å². The summed E-state index contributed by atoms with van der Waals surface area (Å²) in [5, 5.41) is 24.2. The van der Waals surface area contributed by atoms with E-state index in [4.69, 9.17) is 4.74 Å². The van der Waals surface area contributed by atoms with Crippen molar-refractivity contribution in [3.8, 4) is 0 Å². The monoisotopic (exact) mass is 526 g/mol. The van der Waals surface area contributed by atoms with Crippen molar-refractivity contribution >= 4 is 29.7 Å². The molecule has 0 aromatic rings. The van der Waals surface area contributed by atoms with Crippen molar-refractivity contribution in [3.63, 3.8) is 0 Å². The van der Waals surface area contributed by atoms with Crippen LogP contribution in [0, 0.1) is 0 Å². The fraction of sp³-hybridized carbons (Fsp3) is 0.667. The smallest absolute Gasteiger partial charge is 0.408 e. The van der Waals surface area contributed by atoms with Gasteiger partial charge in [-0.1, -0.05) is 34.9 Å². The highest BCUT2D eigenvalue weighted by molar-refractivity contribution is 7.99. The fourth-order valence-electron chi connectivity index (χ4n) is 3.00. The van der Waals surface area contributed by atoms with Crippen LogP contribution in [0.15, 0.2) is 34.9 Å². The number of nitrogens with one attached hydrogen (secondary N) is 2. The molecule has 4 N–H and O–H groups in total. The number of alkyl carbamates (subject to hydrolysis) is 1. The number of rotatable bonds is 15. The van der Waals surface area contributed by atoms with Crippen LogP contribution in [0.2, 0.25) is 0 Å². The molecular weight excluding hydrogens is 480 g/mol. The predicted octanol–water partition coefficient (Wildman–Crippen LogP) is 4.98. The Hall–Kier alpha value is -2.26. The van der Waals surface area contributed by atoms with Crippen LogP contribution in [-0.4, -0.2) is 63.5 Å². The van der Waals surface area contributed by atoms with Crippen LogP contribution >= 0.6 is 11.8 Å². The van der Waals surface area contributed by atoms with Crippen molar-refractivity contribution in [2.75, 3.05) is 11.5 Å². The topological polar surface area (TPSA) is 125 Å². The number of ether oxygens (including phenoxy) is 1. The normalized spacial score (nSPS) is 14.9. The summed E-state index contributed by atoms with van der Waals surface area (Å²) in [6, 6.07) is -2.50. The van der Waals surface area contributed by atoms with E-state index in [2.05, 4.69) is 56.6 Å². The van der Waals surface area contributed by atoms with Gasteiger partial charge in [0.1, 0.15) is 17.7 Å². The lowest BCUT2D eigenvalue weighted by Crippen LogP contribution is -2.56. The van der Waals surface area contributed by atoms with E-state index in [1.54, 1.807) is 20.8 Å². The molecule has 0 radical (unpaired) electrons. The maximum absolute atomic E-state index is 12.6. The van der Waals surface area contributed by atoms with Gasteiger partial charge in [-0.3, -0.25) is 4.79 Å². The van der Waals surface area contributed by atoms with E-state index in [-0.39, 0.29) is 5.75 Å². The summed E-state index contributed by atoms with van der Waals surface area (Å²) >= 11 is 1.39. The van der Waals surface area contributed by atoms with E-state index < -0.39 is 41.8 Å². The zero-order valence-corrected chi connectivity index (χ0v) is 24.0. The molecule has 0 heterocycles. The Morgan fingerprint density at radius 1 is 0.944 bits per heavy atom. The molecular formula is C27H46N2O6S. The quantitative estimate of drug-likeness (QED) is 0.175. The number of amides is 2. The maximum Gasteiger partial charge on any atom is 0.408 e. The Bertz CT molecular complexity index is 808. The highest BCUT2D eigenvalue weighted by Crippen LogP contribution is 2.13. The Morgan fingerprint density at radius 2 is 1.50 bits per heavy atom. The predicted molar refractivity (Wildman–Crippen MR) is 147 cm³/mol. The largest absolute Gasteiger partial charge is 0.480 e. The lowest BCUT2D eigenvalue weighted by Gasteiger charge is -2.25. The average Bonchev–Trinajstić information content (AvgIpc) is 2.72. The molecule has 0 rings (SSSR count). The van der Waals surface area contributed by atoms with E-state index in [0.29, 0.717) is 5.75 Å². The molecule has 2 amide bonds. The SMILES string of the molecule is CC(C)=CCC/C(C)=C/CC/C(C)=C/CSC[C@H](NC(=O)[C@@H](NC(=O)OC(C)(C)C)[C@H](C)O)C(=O)O. The van der Waals surface area contributed by atoms with Gasteiger partial charge in [0, 0.05) is 11.5 Å². The number of aliphatic hydroxyl groups is 1. The van der Waals surface area contributed by atoms with Gasteiger partial charge in [-0.05, 0) is 81.1 Å². The zero-order valence-electron chi connectivity index (χ0n) is 23.1. The number of carbonyl (C=O) groups is 3. The summed E-state index contributed by atoms with van der Waals surface area (Å²) in [5.41, 5.74) is 3.16. The third-order valence-electron chi connectivity index (χ3n) is 5.01. The molecule has 0 aliphatic carbocycles. The number of aliphatic hydroxyl groups excluding tert-OH is 1. The second-order valence-electron chi connectivity index (χ2n) is 10.3. The van der Waals surface area contributed by atoms with Gasteiger partial charge in [0.15, 0.2) is 0 Å². The van der Waals surface area contributed by atoms with E-state index in [0.717, 1.165) is 25.7 Å². The van der Waals surface area contributed by atoms with Gasteiger partial charge in [0.05, 0.1) is 6.10 Å². The second kappa shape index (κ2) is 17.2. The number of aliphatic carboxylic acids is 1. The summed E-state index contributed by atoms with van der Waals surface area (Å²) in [6.07, 6.45) is 8.50. The van der Waals surface area contributed by atoms with Crippen LogP contribution in [0.1, 0.15) is 81.1 Å². The first-order valence-electron chi connectivity index (χ1n) is 12.4. The van der Waals surface area contributed by atoms with Crippen LogP contribution in [0.5, 0.6) is 0 Å². The van der Waals surface area contributed by atoms with E-state index in [1.165, 1.54) is 35.4 Å². The molecule has 0 aliphatic heterocycles. The highest BCUT2D eigenvalue weighted by Gasteiger charge is 2.31. The fourth-order valence-corrected chi connectivity index (χ4v) is 4.00. The molecule has 206 valence electrons. The van der Waals surface area contributed by atoms with Gasteiger partial charge < -0.3 is 25.6 Å². The summed E-state index contributed by atoms with van der Waals surface area (Å²) < 4.78 is 5.12. The highest BCUT2D eigenvalue weighted by atomic mass is 32.2. The van der Waals surface area contributed by atoms with Gasteiger partial charge in [-0.25, -0.2) is 9.59 Å². The van der Waals surface area contributed by atoms with Crippen molar-refractivity contribution in [1.29, 1.82) is 0 Å². The molecule has 0 saturated carbocycles. The van der Waals surface area contributed by atoms with E-state index >= 15 is 0 Å². The summed E-state index contributed by atoms with van der Waals surface area (Å²) in [7, 11) is 0. The van der Waals surface area contributed by atoms with Crippen molar-refractivity contribution in [2.45, 2.75) is 105 Å². The summed E-state index contributed by atoms with van der Waals surface area (Å²) in [6.45, 7) is 14.8. The number of carbonyl (C=O) groups excluding carboxylic acids is 2. The molecule has 36 heavy (non-hydrogen) atoms. The van der Waals surface area contributed by atoms with Crippen molar-refractivity contribution in [1.82, 2.24) is 10.6 Å². The Labute approximate surface area is 221 Å². The number of hydrogen-bond acceptors (Lipinski definition) is 6. The lowest BCUT2D eigenvalue weighted by atomic mass is 10.1. The lowest BCUT2D eigenvalue weighted by molar-refractivity contribution is -0.141. The molecule has 0 saturated heterocycles. The molecule has 0 aliphatic rings. The molecule has 9 heteroatoms. The van der Waals surface area contributed by atoms with Gasteiger partial charge >= 0.3 is 12.1 Å². The standard InChI is InChI=1S/C27H46N2O6S/c1-18(2)11-9-12-19(3)13-10-14-20(4)15-16-36-17-22(25(32)33)28-24(31)23(21(5)30)29-26(34)35-27(6,7)8/h11,13,15,21-23,30H,9-10,12,14,16-17H2,1-8H3,(H,28,31)(H,29,34)(H,32,33)/b19-13+,20-15+/t21-,22-,23-/m0/s1. The maximum atomic E-state index is 12.6. The molecule has 8 nitrogen and oxygen atoms in total. The third kappa shape index (κ3) is 17.2. The first-order valence-corrected chi connectivity index (χ1v) is 13.5. The van der Waals surface area contributed by atoms with Crippen LogP contribution in [0.25, 0.3) is 0 Å². The summed E-state index contributed by atoms with van der Waals surface area (Å²) in [5.74, 6) is -1.22. The first kappa shape index (κ1) is 33.7. The van der Waals surface area contributed by atoms with Gasteiger partial charge in [-0.2, -0.15) is 11.8 Å². The number of carboxylic acid groups (broad SMARTS) is 1. The Morgan fingerprint density at radius 3 is 2.00 bits per heavy atom. The van der Waals surface area contributed by atoms with Gasteiger partial charge in [0.2, 0.25) is 5.91 Å². The molecule has 0 fully saturated rings. The van der Waals surface area contributed by atoms with Crippen molar-refractivity contribution < 1.29 is 29.3 Å². The molecule has 3 atom stereocenters. The zero-order chi connectivity index (χ0) is 27.9. The number of thioether (sulfide) groups is 1. The number of hydrogen-bond donors (Lipinski definition) is 4. The number of carboxylic acids is 1. The van der Waals surface area contributed by atoms with Crippen LogP contribution < -0.4 is 10.6 Å². The molecule has 0 unspecified atom stereocenters. The van der Waals surface area contributed by atoms with Crippen LogP contribution in [-0.2, 0) is 14.3 Å². The number of allylic oxidation sites excluding steroid dienone is 5. The van der Waals surface area contributed by atoms with Gasteiger partial charge in [0.25, 0.3) is 0 Å². The first-order chi connectivity index (χ1) is 16.6. The molecule has 0 spiro atoms. The minimum absolute atomic E-state index is 0.146. The Kier molecular flexibility index (Phi) is 16.2. The van der Waals surface area contributed by atoms with Crippen molar-refractivity contribution in [2.24, 2.45) is 0 Å². The average molecular weight is 527 g/mol. The summed E-state index contributed by atoms with van der Waals surface area (Å²) in [4.78, 5) is 36.2. The third-order valence-corrected chi connectivity index (χ3v) is 5.98. The second-order valence-corrected chi connectivity index (χ2v) is 11.3.